The van der Waals surface area contributed by atoms with Gasteiger partial charge in [0, 0.05) is 24.7 Å². The van der Waals surface area contributed by atoms with E-state index in [-0.39, 0.29) is 5.91 Å². The largest absolute Gasteiger partial charge is 0.495 e. The van der Waals surface area contributed by atoms with Crippen LogP contribution in [0, 0.1) is 0 Å². The molecule has 10 heteroatoms. The zero-order valence-corrected chi connectivity index (χ0v) is 22.1. The lowest BCUT2D eigenvalue weighted by molar-refractivity contribution is -0.347. The van der Waals surface area contributed by atoms with Crippen LogP contribution in [0.2, 0.25) is 0 Å². The molecule has 1 amide bonds. The summed E-state index contributed by atoms with van der Waals surface area (Å²) in [6.07, 6.45) is 7.85. The van der Waals surface area contributed by atoms with E-state index >= 15 is 0 Å². The van der Waals surface area contributed by atoms with Crippen LogP contribution in [0.5, 0.6) is 5.75 Å². The fourth-order valence-electron chi connectivity index (χ4n) is 5.33. The molecule has 1 aliphatic carbocycles. The first-order valence-electron chi connectivity index (χ1n) is 13.6. The van der Waals surface area contributed by atoms with Gasteiger partial charge >= 0.3 is 11.6 Å². The van der Waals surface area contributed by atoms with Crippen molar-refractivity contribution in [3.05, 3.63) is 54.4 Å². The van der Waals surface area contributed by atoms with Gasteiger partial charge in [0.15, 0.2) is 12.1 Å². The minimum atomic E-state index is 0.0379. The summed E-state index contributed by atoms with van der Waals surface area (Å²) in [4.78, 5) is 30.5. The number of nitrogens with zero attached hydrogens (tertiary/aromatic N) is 3. The molecule has 202 valence electrons. The number of hydrogen-bond donors (Lipinski definition) is 3. The van der Waals surface area contributed by atoms with Gasteiger partial charge in [-0.25, -0.2) is 4.98 Å². The molecule has 0 spiro atoms. The average molecular weight is 529 g/mol. The van der Waals surface area contributed by atoms with Crippen molar-refractivity contribution in [2.45, 2.75) is 38.1 Å². The van der Waals surface area contributed by atoms with Crippen molar-refractivity contribution in [1.29, 1.82) is 0 Å². The highest BCUT2D eigenvalue weighted by atomic mass is 16.5. The molecule has 2 aromatic carbocycles. The molecule has 1 saturated carbocycles. The second-order valence-corrected chi connectivity index (χ2v) is 10.1. The Morgan fingerprint density at radius 3 is 2.59 bits per heavy atom. The summed E-state index contributed by atoms with van der Waals surface area (Å²) >= 11 is 0. The molecule has 0 atom stereocenters. The van der Waals surface area contributed by atoms with Gasteiger partial charge in [0.2, 0.25) is 5.52 Å². The van der Waals surface area contributed by atoms with Crippen LogP contribution in [-0.4, -0.2) is 65.2 Å². The number of carbonyl (C=O) groups excluding carboxylic acids is 1. The number of imidazole rings is 1. The van der Waals surface area contributed by atoms with Crippen molar-refractivity contribution in [3.63, 3.8) is 0 Å². The molecule has 6 rings (SSSR count). The summed E-state index contributed by atoms with van der Waals surface area (Å²) in [7, 11) is 1.65. The monoisotopic (exact) mass is 528 g/mol. The first-order valence-corrected chi connectivity index (χ1v) is 13.6. The Hall–Kier alpha value is -4.18. The third kappa shape index (κ3) is 5.51. The van der Waals surface area contributed by atoms with E-state index in [9.17, 15) is 4.79 Å². The lowest BCUT2D eigenvalue weighted by Crippen LogP contribution is -2.40. The Bertz CT molecular complexity index is 1440. The predicted octanol–water partition coefficient (Wildman–Crippen LogP) is 4.41. The highest BCUT2D eigenvalue weighted by molar-refractivity contribution is 5.95. The molecule has 4 N–H and O–H groups in total. The third-order valence-corrected chi connectivity index (χ3v) is 7.49. The number of nitrogens with one attached hydrogen (secondary N) is 4. The summed E-state index contributed by atoms with van der Waals surface area (Å²) < 4.78 is 11.1. The number of aromatic amines is 2. The van der Waals surface area contributed by atoms with Gasteiger partial charge in [-0.1, -0.05) is 42.4 Å². The third-order valence-electron chi connectivity index (χ3n) is 7.49. The van der Waals surface area contributed by atoms with Crippen molar-refractivity contribution in [3.8, 4) is 16.9 Å². The van der Waals surface area contributed by atoms with Crippen LogP contribution in [0.25, 0.3) is 22.3 Å². The van der Waals surface area contributed by atoms with Crippen LogP contribution in [-0.2, 0) is 4.74 Å². The van der Waals surface area contributed by atoms with Crippen molar-refractivity contribution >= 4 is 34.5 Å². The number of rotatable bonds is 7. The normalized spacial score (nSPS) is 16.3. The van der Waals surface area contributed by atoms with Gasteiger partial charge in [-0.15, -0.1) is 0 Å². The Morgan fingerprint density at radius 1 is 1.05 bits per heavy atom. The number of fused-ring (bicyclic) bond motifs is 1. The van der Waals surface area contributed by atoms with E-state index in [0.717, 1.165) is 46.6 Å². The molecule has 2 aromatic heterocycles. The summed E-state index contributed by atoms with van der Waals surface area (Å²) in [5.74, 6) is 1.98. The van der Waals surface area contributed by atoms with E-state index in [0.29, 0.717) is 49.6 Å². The smallest absolute Gasteiger partial charge is 0.307 e. The van der Waals surface area contributed by atoms with Gasteiger partial charge in [-0.05, 0) is 48.2 Å². The SMILES string of the molecule is COc1cc(-c2ccc(C(=O)N3CCOCC3)cc2)ccc1Nc1nc(NC2CCCCC2)c2[nH]c[nH+]c2n1. The first kappa shape index (κ1) is 25.1. The molecule has 0 radical (unpaired) electrons. The van der Waals surface area contributed by atoms with Crippen LogP contribution in [0.4, 0.5) is 17.5 Å². The summed E-state index contributed by atoms with van der Waals surface area (Å²) in [6.45, 7) is 2.43. The molecule has 39 heavy (non-hydrogen) atoms. The number of methoxy groups -OCH3 is 1. The van der Waals surface area contributed by atoms with E-state index < -0.39 is 0 Å². The Balaban J connectivity index is 1.21. The fourth-order valence-corrected chi connectivity index (χ4v) is 5.33. The topological polar surface area (TPSA) is 119 Å². The number of carbonyl (C=O) groups is 1. The number of ether oxygens (including phenoxy) is 2. The Kier molecular flexibility index (Phi) is 7.27. The van der Waals surface area contributed by atoms with Gasteiger partial charge in [-0.3, -0.25) is 9.78 Å². The zero-order chi connectivity index (χ0) is 26.6. The summed E-state index contributed by atoms with van der Waals surface area (Å²) in [5.41, 5.74) is 5.02. The van der Waals surface area contributed by atoms with E-state index in [1.54, 1.807) is 13.4 Å². The maximum atomic E-state index is 12.8. The van der Waals surface area contributed by atoms with Crippen LogP contribution in [0.1, 0.15) is 42.5 Å². The van der Waals surface area contributed by atoms with E-state index in [4.69, 9.17) is 14.5 Å². The standard InChI is InChI=1S/C29H33N7O3/c1-38-24-17-21(19-7-9-20(10-8-19)28(37)36-13-15-39-16-14-36)11-12-23(24)33-29-34-26-25(30-18-31-26)27(35-29)32-22-5-3-2-4-6-22/h7-12,17-18,22H,2-6,13-16H2,1H3,(H3,30,31,32,33,34,35)/p+1. The molecule has 1 aliphatic heterocycles. The average Bonchev–Trinajstić information content (AvgIpc) is 3.47. The number of aromatic nitrogens is 4. The molecule has 2 fully saturated rings. The molecule has 4 aromatic rings. The molecule has 0 unspecified atom stereocenters. The minimum absolute atomic E-state index is 0.0379. The lowest BCUT2D eigenvalue weighted by atomic mass is 9.95. The van der Waals surface area contributed by atoms with Crippen LogP contribution in [0.15, 0.2) is 48.8 Å². The quantitative estimate of drug-likeness (QED) is 0.325. The number of benzene rings is 2. The van der Waals surface area contributed by atoms with Crippen molar-refractivity contribution in [1.82, 2.24) is 19.9 Å². The second-order valence-electron chi connectivity index (χ2n) is 10.1. The maximum Gasteiger partial charge on any atom is 0.307 e. The van der Waals surface area contributed by atoms with Crippen molar-refractivity contribution < 1.29 is 19.3 Å². The van der Waals surface area contributed by atoms with Gasteiger partial charge < -0.3 is 25.0 Å². The van der Waals surface area contributed by atoms with Crippen LogP contribution in [0.3, 0.4) is 0 Å². The second kappa shape index (κ2) is 11.3. The van der Waals surface area contributed by atoms with E-state index in [2.05, 4.69) is 25.6 Å². The van der Waals surface area contributed by atoms with Gasteiger partial charge in [-0.2, -0.15) is 4.98 Å². The first-order chi connectivity index (χ1) is 19.2. The zero-order valence-electron chi connectivity index (χ0n) is 22.1. The highest BCUT2D eigenvalue weighted by Crippen LogP contribution is 2.33. The molecular weight excluding hydrogens is 494 g/mol. The van der Waals surface area contributed by atoms with Crippen LogP contribution >= 0.6 is 0 Å². The number of morpholine rings is 1. The van der Waals surface area contributed by atoms with Gasteiger partial charge in [0.25, 0.3) is 5.91 Å². The predicted molar refractivity (Wildman–Crippen MR) is 149 cm³/mol. The number of anilines is 3. The summed E-state index contributed by atoms with van der Waals surface area (Å²) in [5, 5.41) is 6.96. The Labute approximate surface area is 227 Å². The molecule has 3 heterocycles. The molecule has 10 nitrogen and oxygen atoms in total. The van der Waals surface area contributed by atoms with Gasteiger partial charge in [0.05, 0.1) is 26.0 Å². The summed E-state index contributed by atoms with van der Waals surface area (Å²) in [6, 6.07) is 14.1. The minimum Gasteiger partial charge on any atom is -0.495 e. The molecule has 0 bridgehead atoms. The molecule has 2 aliphatic rings. The highest BCUT2D eigenvalue weighted by Gasteiger charge is 2.22. The molecule has 1 saturated heterocycles. The number of hydrogen-bond acceptors (Lipinski definition) is 7. The fraction of sp³-hybridized carbons (Fsp3) is 0.379. The van der Waals surface area contributed by atoms with Gasteiger partial charge in [0.1, 0.15) is 5.75 Å². The Morgan fingerprint density at radius 2 is 1.82 bits per heavy atom. The number of H-pyrrole nitrogens is 2. The van der Waals surface area contributed by atoms with Crippen molar-refractivity contribution in [2.75, 3.05) is 44.0 Å². The lowest BCUT2D eigenvalue weighted by Gasteiger charge is -2.26. The molecular formula is C29H34N7O3+. The van der Waals surface area contributed by atoms with Crippen LogP contribution < -0.4 is 20.4 Å². The maximum absolute atomic E-state index is 12.8. The number of amides is 1. The van der Waals surface area contributed by atoms with E-state index in [1.807, 2.05) is 47.4 Å². The van der Waals surface area contributed by atoms with Crippen molar-refractivity contribution in [2.24, 2.45) is 0 Å². The van der Waals surface area contributed by atoms with E-state index in [1.165, 1.54) is 19.3 Å².